The number of carbonyl (C=O) groups excluding carboxylic acids is 3. The lowest BCUT2D eigenvalue weighted by atomic mass is 10.00. The van der Waals surface area contributed by atoms with E-state index in [9.17, 15) is 14.4 Å². The van der Waals surface area contributed by atoms with Gasteiger partial charge >= 0.3 is 0 Å². The summed E-state index contributed by atoms with van der Waals surface area (Å²) >= 11 is 0. The molecular weight excluding hydrogens is 236 g/mol. The number of hydrogen-bond donors (Lipinski definition) is 2. The Balaban J connectivity index is 2.43. The largest absolute Gasteiger partial charge is 0.289 e. The maximum atomic E-state index is 11.9. The Morgan fingerprint density at radius 2 is 2.17 bits per heavy atom. The van der Waals surface area contributed by atoms with Gasteiger partial charge in [-0.2, -0.15) is 0 Å². The summed E-state index contributed by atoms with van der Waals surface area (Å²) in [5, 5.41) is 8.35. The van der Waals surface area contributed by atoms with Crippen LogP contribution in [0.5, 0.6) is 0 Å². The first-order valence-corrected chi connectivity index (χ1v) is 6.37. The molecule has 0 aromatic carbocycles. The molecule has 1 aliphatic rings. The topological polar surface area (TPSA) is 86.7 Å². The third-order valence-electron chi connectivity index (χ3n) is 3.18. The van der Waals surface area contributed by atoms with Crippen molar-refractivity contribution in [3.63, 3.8) is 0 Å². The summed E-state index contributed by atoms with van der Waals surface area (Å²) in [6, 6.07) is 0. The molecule has 18 heavy (non-hydrogen) atoms. The smallest absolute Gasteiger partial charge is 0.245 e. The fourth-order valence-corrected chi connectivity index (χ4v) is 2.12. The predicted molar refractivity (Wildman–Crippen MR) is 63.5 cm³/mol. The Bertz CT molecular complexity index is 330. The average molecular weight is 256 g/mol. The minimum atomic E-state index is -0.593. The summed E-state index contributed by atoms with van der Waals surface area (Å²) < 4.78 is 0. The number of hydrogen-bond acceptors (Lipinski definition) is 4. The predicted octanol–water partition coefficient (Wildman–Crippen LogP) is 0.837. The van der Waals surface area contributed by atoms with Crippen LogP contribution in [-0.4, -0.2) is 34.4 Å². The zero-order valence-electron chi connectivity index (χ0n) is 10.6. The first-order valence-electron chi connectivity index (χ1n) is 6.37. The number of nitrogens with zero attached hydrogens (tertiary/aromatic N) is 1. The summed E-state index contributed by atoms with van der Waals surface area (Å²) in [7, 11) is 0. The van der Waals surface area contributed by atoms with Crippen molar-refractivity contribution in [1.82, 2.24) is 10.4 Å². The normalized spacial score (nSPS) is 19.4. The van der Waals surface area contributed by atoms with Gasteiger partial charge in [-0.25, -0.2) is 5.48 Å². The molecule has 0 saturated carbocycles. The molecule has 6 heteroatoms. The SMILES string of the molecule is CCCCCC1CC(=O)N(CCC(=O)NO)C1=O. The van der Waals surface area contributed by atoms with Crippen LogP contribution in [0.4, 0.5) is 0 Å². The molecule has 1 saturated heterocycles. The first-order chi connectivity index (χ1) is 8.60. The van der Waals surface area contributed by atoms with Crippen LogP contribution >= 0.6 is 0 Å². The van der Waals surface area contributed by atoms with Gasteiger partial charge in [0.15, 0.2) is 0 Å². The molecule has 3 amide bonds. The molecule has 1 unspecified atom stereocenters. The molecule has 0 spiro atoms. The average Bonchev–Trinajstić information content (AvgIpc) is 2.62. The van der Waals surface area contributed by atoms with E-state index in [2.05, 4.69) is 6.92 Å². The minimum Gasteiger partial charge on any atom is -0.289 e. The van der Waals surface area contributed by atoms with Crippen molar-refractivity contribution in [2.24, 2.45) is 5.92 Å². The second-order valence-electron chi connectivity index (χ2n) is 4.57. The van der Waals surface area contributed by atoms with Crippen molar-refractivity contribution in [1.29, 1.82) is 0 Å². The van der Waals surface area contributed by atoms with Gasteiger partial charge in [-0.1, -0.05) is 26.2 Å². The van der Waals surface area contributed by atoms with E-state index in [1.165, 1.54) is 5.48 Å². The van der Waals surface area contributed by atoms with Gasteiger partial charge in [-0.3, -0.25) is 24.5 Å². The van der Waals surface area contributed by atoms with Gasteiger partial charge in [0.2, 0.25) is 17.7 Å². The van der Waals surface area contributed by atoms with E-state index in [1.54, 1.807) is 0 Å². The summed E-state index contributed by atoms with van der Waals surface area (Å²) in [5.41, 5.74) is 1.48. The molecule has 0 bridgehead atoms. The fraction of sp³-hybridized carbons (Fsp3) is 0.750. The Labute approximate surface area is 106 Å². The lowest BCUT2D eigenvalue weighted by Gasteiger charge is -2.14. The number of amides is 3. The summed E-state index contributed by atoms with van der Waals surface area (Å²) in [6.07, 6.45) is 4.02. The van der Waals surface area contributed by atoms with Crippen molar-refractivity contribution in [3.05, 3.63) is 0 Å². The highest BCUT2D eigenvalue weighted by atomic mass is 16.5. The molecule has 1 heterocycles. The highest BCUT2D eigenvalue weighted by Crippen LogP contribution is 2.24. The fourth-order valence-electron chi connectivity index (χ4n) is 2.12. The molecule has 0 radical (unpaired) electrons. The van der Waals surface area contributed by atoms with Crippen LogP contribution in [0.1, 0.15) is 45.4 Å². The van der Waals surface area contributed by atoms with Crippen LogP contribution in [0.2, 0.25) is 0 Å². The molecule has 2 N–H and O–H groups in total. The lowest BCUT2D eigenvalue weighted by Crippen LogP contribution is -2.34. The molecule has 1 fully saturated rings. The molecule has 102 valence electrons. The zero-order valence-corrected chi connectivity index (χ0v) is 10.6. The second-order valence-corrected chi connectivity index (χ2v) is 4.57. The number of hydroxylamine groups is 1. The lowest BCUT2D eigenvalue weighted by molar-refractivity contribution is -0.140. The third kappa shape index (κ3) is 3.80. The van der Waals surface area contributed by atoms with Gasteiger partial charge in [-0.05, 0) is 6.42 Å². The van der Waals surface area contributed by atoms with Crippen LogP contribution in [-0.2, 0) is 14.4 Å². The Kier molecular flexibility index (Phi) is 5.77. The summed E-state index contributed by atoms with van der Waals surface area (Å²) in [4.78, 5) is 35.6. The quantitative estimate of drug-likeness (QED) is 0.306. The van der Waals surface area contributed by atoms with E-state index < -0.39 is 5.91 Å². The number of likely N-dealkylation sites (tertiary alicyclic amines) is 1. The standard InChI is InChI=1S/C12H20N2O4/c1-2-3-4-5-9-8-11(16)14(12(9)17)7-6-10(15)13-18/h9,18H,2-8H2,1H3,(H,13,15). The van der Waals surface area contributed by atoms with Gasteiger partial charge in [0.25, 0.3) is 0 Å². The number of imide groups is 1. The van der Waals surface area contributed by atoms with Gasteiger partial charge in [0, 0.05) is 25.3 Å². The van der Waals surface area contributed by atoms with Crippen LogP contribution < -0.4 is 5.48 Å². The number of nitrogens with one attached hydrogen (secondary N) is 1. The molecule has 0 aliphatic carbocycles. The van der Waals surface area contributed by atoms with Crippen LogP contribution in [0.15, 0.2) is 0 Å². The van der Waals surface area contributed by atoms with E-state index in [0.717, 1.165) is 30.6 Å². The van der Waals surface area contributed by atoms with Crippen molar-refractivity contribution in [2.75, 3.05) is 6.54 Å². The molecule has 1 aliphatic heterocycles. The van der Waals surface area contributed by atoms with E-state index in [1.807, 2.05) is 0 Å². The van der Waals surface area contributed by atoms with E-state index in [-0.39, 0.29) is 37.1 Å². The first kappa shape index (κ1) is 14.6. The summed E-state index contributed by atoms with van der Waals surface area (Å²) in [6.45, 7) is 2.13. The Morgan fingerprint density at radius 1 is 1.44 bits per heavy atom. The van der Waals surface area contributed by atoms with Gasteiger partial charge < -0.3 is 0 Å². The second kappa shape index (κ2) is 7.10. The molecule has 0 aromatic heterocycles. The maximum absolute atomic E-state index is 11.9. The summed E-state index contributed by atoms with van der Waals surface area (Å²) in [5.74, 6) is -1.21. The van der Waals surface area contributed by atoms with E-state index in [0.29, 0.717) is 0 Å². The molecule has 1 rings (SSSR count). The zero-order chi connectivity index (χ0) is 13.5. The van der Waals surface area contributed by atoms with Crippen LogP contribution in [0, 0.1) is 5.92 Å². The molecular formula is C12H20N2O4. The van der Waals surface area contributed by atoms with Gasteiger partial charge in [0.1, 0.15) is 0 Å². The Morgan fingerprint density at radius 3 is 2.78 bits per heavy atom. The van der Waals surface area contributed by atoms with Crippen molar-refractivity contribution < 1.29 is 19.6 Å². The van der Waals surface area contributed by atoms with Crippen molar-refractivity contribution >= 4 is 17.7 Å². The number of unbranched alkanes of at least 4 members (excludes halogenated alkanes) is 2. The molecule has 6 nitrogen and oxygen atoms in total. The third-order valence-corrected chi connectivity index (χ3v) is 3.18. The van der Waals surface area contributed by atoms with Crippen molar-refractivity contribution in [3.8, 4) is 0 Å². The van der Waals surface area contributed by atoms with E-state index in [4.69, 9.17) is 5.21 Å². The highest BCUT2D eigenvalue weighted by molar-refractivity contribution is 6.03. The minimum absolute atomic E-state index is 0.0499. The van der Waals surface area contributed by atoms with Gasteiger partial charge in [0.05, 0.1) is 0 Å². The molecule has 1 atom stereocenters. The van der Waals surface area contributed by atoms with Crippen molar-refractivity contribution in [2.45, 2.75) is 45.4 Å². The van der Waals surface area contributed by atoms with Crippen LogP contribution in [0.25, 0.3) is 0 Å². The maximum Gasteiger partial charge on any atom is 0.245 e. The number of rotatable bonds is 7. The monoisotopic (exact) mass is 256 g/mol. The Hall–Kier alpha value is -1.43. The van der Waals surface area contributed by atoms with Gasteiger partial charge in [-0.15, -0.1) is 0 Å². The molecule has 0 aromatic rings. The van der Waals surface area contributed by atoms with E-state index >= 15 is 0 Å². The van der Waals surface area contributed by atoms with Crippen LogP contribution in [0.3, 0.4) is 0 Å². The number of carbonyl (C=O) groups is 3. The highest BCUT2D eigenvalue weighted by Gasteiger charge is 2.37.